The number of carboxylic acid groups (broad SMARTS) is 1. The van der Waals surface area contributed by atoms with Gasteiger partial charge in [0.25, 0.3) is 6.47 Å². The first-order valence-electron chi connectivity index (χ1n) is 6.93. The molecule has 0 unspecified atom stereocenters. The molecule has 0 aliphatic heterocycles. The summed E-state index contributed by atoms with van der Waals surface area (Å²) in [6.45, 7) is 4.74. The zero-order valence-electron chi connectivity index (χ0n) is 12.3. The Morgan fingerprint density at radius 2 is 1.85 bits per heavy atom. The average molecular weight is 292 g/mol. The molecule has 7 heteroatoms. The number of amides is 1. The van der Waals surface area contributed by atoms with Crippen molar-refractivity contribution < 1.29 is 24.2 Å². The lowest BCUT2D eigenvalue weighted by Crippen LogP contribution is -2.29. The van der Waals surface area contributed by atoms with Crippen LogP contribution in [0.5, 0.6) is 0 Å². The van der Waals surface area contributed by atoms with Crippen LogP contribution in [-0.4, -0.2) is 57.0 Å². The van der Waals surface area contributed by atoms with Gasteiger partial charge in [0.05, 0.1) is 19.8 Å². The van der Waals surface area contributed by atoms with Gasteiger partial charge in [-0.3, -0.25) is 9.59 Å². The van der Waals surface area contributed by atoms with Crippen molar-refractivity contribution in [3.8, 4) is 0 Å². The van der Waals surface area contributed by atoms with Crippen molar-refractivity contribution >= 4 is 12.4 Å². The molecule has 0 spiro atoms. The van der Waals surface area contributed by atoms with E-state index in [1.54, 1.807) is 0 Å². The highest BCUT2D eigenvalue weighted by Gasteiger charge is 1.99. The van der Waals surface area contributed by atoms with Crippen LogP contribution in [0.1, 0.15) is 32.6 Å². The van der Waals surface area contributed by atoms with Gasteiger partial charge in [0.15, 0.2) is 0 Å². The Morgan fingerprint density at radius 3 is 2.45 bits per heavy atom. The van der Waals surface area contributed by atoms with Crippen molar-refractivity contribution in [2.75, 3.05) is 39.5 Å². The maximum absolute atomic E-state index is 11.3. The molecule has 4 N–H and O–H groups in total. The molecule has 0 aromatic rings. The third-order valence-electron chi connectivity index (χ3n) is 2.22. The topological polar surface area (TPSA) is 111 Å². The molecule has 1 amide bonds. The summed E-state index contributed by atoms with van der Waals surface area (Å²) < 4.78 is 10.3. The minimum absolute atomic E-state index is 0.0553. The summed E-state index contributed by atoms with van der Waals surface area (Å²) in [5, 5.41) is 9.71. The van der Waals surface area contributed by atoms with Crippen LogP contribution >= 0.6 is 0 Å². The molecule has 7 nitrogen and oxygen atoms in total. The highest BCUT2D eigenvalue weighted by atomic mass is 16.5. The summed E-state index contributed by atoms with van der Waals surface area (Å²) in [6, 6.07) is 0. The Hall–Kier alpha value is -1.18. The first kappa shape index (κ1) is 21.1. The van der Waals surface area contributed by atoms with Crippen molar-refractivity contribution in [1.82, 2.24) is 5.32 Å². The number of unbranched alkanes of at least 4 members (excludes halogenated alkanes) is 3. The molecule has 0 aliphatic rings. The maximum atomic E-state index is 11.3. The number of ether oxygens (including phenoxy) is 2. The number of rotatable bonds is 12. The minimum Gasteiger partial charge on any atom is -0.483 e. The largest absolute Gasteiger partial charge is 0.483 e. The van der Waals surface area contributed by atoms with Gasteiger partial charge in [0.1, 0.15) is 6.61 Å². The summed E-state index contributed by atoms with van der Waals surface area (Å²) in [5.41, 5.74) is 5.25. The van der Waals surface area contributed by atoms with E-state index in [0.717, 1.165) is 13.0 Å². The molecule has 0 aromatic heterocycles. The first-order valence-corrected chi connectivity index (χ1v) is 6.93. The predicted octanol–water partition coefficient (Wildman–Crippen LogP) is 0.376. The maximum Gasteiger partial charge on any atom is 0.290 e. The van der Waals surface area contributed by atoms with Gasteiger partial charge in [0, 0.05) is 13.1 Å². The standard InChI is InChI=1S/C12H26N2O3.CH2O2/c1-2-3-4-5-7-14-12(15)11-17-10-9-16-8-6-13;2-1-3/h2-11,13H2,1H3,(H,14,15);1H,(H,2,3). The van der Waals surface area contributed by atoms with Crippen LogP contribution in [0.2, 0.25) is 0 Å². The van der Waals surface area contributed by atoms with Crippen LogP contribution in [0.15, 0.2) is 0 Å². The number of nitrogens with one attached hydrogen (secondary N) is 1. The second-order valence-corrected chi connectivity index (χ2v) is 3.97. The van der Waals surface area contributed by atoms with E-state index in [9.17, 15) is 4.79 Å². The van der Waals surface area contributed by atoms with Gasteiger partial charge in [-0.15, -0.1) is 0 Å². The fourth-order valence-corrected chi connectivity index (χ4v) is 1.30. The second-order valence-electron chi connectivity index (χ2n) is 3.97. The van der Waals surface area contributed by atoms with Gasteiger partial charge in [-0.25, -0.2) is 0 Å². The lowest BCUT2D eigenvalue weighted by atomic mass is 10.2. The Morgan fingerprint density at radius 1 is 1.20 bits per heavy atom. The Labute approximate surface area is 120 Å². The van der Waals surface area contributed by atoms with Crippen LogP contribution in [0.3, 0.4) is 0 Å². The number of nitrogens with two attached hydrogens (primary N) is 1. The molecule has 0 saturated heterocycles. The van der Waals surface area contributed by atoms with Crippen LogP contribution in [0.25, 0.3) is 0 Å². The van der Waals surface area contributed by atoms with Crippen LogP contribution < -0.4 is 11.1 Å². The molecule has 0 aromatic carbocycles. The molecule has 20 heavy (non-hydrogen) atoms. The van der Waals surface area contributed by atoms with Crippen molar-refractivity contribution in [3.63, 3.8) is 0 Å². The zero-order chi connectivity index (χ0) is 15.5. The molecule has 0 heterocycles. The Balaban J connectivity index is 0. The summed E-state index contributed by atoms with van der Waals surface area (Å²) >= 11 is 0. The summed E-state index contributed by atoms with van der Waals surface area (Å²) in [4.78, 5) is 19.6. The molecule has 0 fully saturated rings. The van der Waals surface area contributed by atoms with Crippen LogP contribution in [0.4, 0.5) is 0 Å². The molecule has 0 radical (unpaired) electrons. The highest BCUT2D eigenvalue weighted by molar-refractivity contribution is 5.77. The third kappa shape index (κ3) is 22.0. The molecule has 0 rings (SSSR count). The minimum atomic E-state index is -0.250. The molecular weight excluding hydrogens is 264 g/mol. The highest BCUT2D eigenvalue weighted by Crippen LogP contribution is 1.96. The molecular formula is C13H28N2O5. The zero-order valence-corrected chi connectivity index (χ0v) is 12.3. The van der Waals surface area contributed by atoms with Crippen molar-refractivity contribution in [1.29, 1.82) is 0 Å². The predicted molar refractivity (Wildman–Crippen MR) is 76.5 cm³/mol. The number of carbonyl (C=O) groups excluding carboxylic acids is 1. The van der Waals surface area contributed by atoms with Crippen molar-refractivity contribution in [2.45, 2.75) is 32.6 Å². The van der Waals surface area contributed by atoms with Gasteiger partial charge in [-0.05, 0) is 6.42 Å². The van der Waals surface area contributed by atoms with E-state index in [4.69, 9.17) is 25.1 Å². The van der Waals surface area contributed by atoms with Crippen molar-refractivity contribution in [2.24, 2.45) is 5.73 Å². The van der Waals surface area contributed by atoms with E-state index in [1.165, 1.54) is 19.3 Å². The second kappa shape index (κ2) is 20.1. The smallest absolute Gasteiger partial charge is 0.290 e. The SMILES string of the molecule is CCCCCCNC(=O)COCCOCCN.O=CO. The summed E-state index contributed by atoms with van der Waals surface area (Å²) in [5.74, 6) is -0.0553. The fraction of sp³-hybridized carbons (Fsp3) is 0.846. The quantitative estimate of drug-likeness (QED) is 0.354. The first-order chi connectivity index (χ1) is 9.72. The number of hydrogen-bond acceptors (Lipinski definition) is 5. The van der Waals surface area contributed by atoms with E-state index >= 15 is 0 Å². The monoisotopic (exact) mass is 292 g/mol. The van der Waals surface area contributed by atoms with Gasteiger partial charge >= 0.3 is 0 Å². The molecule has 120 valence electrons. The Kier molecular flexibility index (Phi) is 21.3. The molecule has 0 saturated carbocycles. The number of carbonyl (C=O) groups is 2. The molecule has 0 bridgehead atoms. The van der Waals surface area contributed by atoms with E-state index in [0.29, 0.717) is 26.4 Å². The third-order valence-corrected chi connectivity index (χ3v) is 2.22. The summed E-state index contributed by atoms with van der Waals surface area (Å²) in [6.07, 6.45) is 4.65. The lowest BCUT2D eigenvalue weighted by Gasteiger charge is -2.06. The van der Waals surface area contributed by atoms with Gasteiger partial charge in [-0.1, -0.05) is 26.2 Å². The van der Waals surface area contributed by atoms with E-state index < -0.39 is 0 Å². The lowest BCUT2D eigenvalue weighted by molar-refractivity contribution is -0.126. The fourth-order valence-electron chi connectivity index (χ4n) is 1.30. The summed E-state index contributed by atoms with van der Waals surface area (Å²) in [7, 11) is 0. The van der Waals surface area contributed by atoms with Gasteiger partial charge in [0.2, 0.25) is 5.91 Å². The van der Waals surface area contributed by atoms with Gasteiger partial charge in [-0.2, -0.15) is 0 Å². The van der Waals surface area contributed by atoms with Crippen LogP contribution in [0, 0.1) is 0 Å². The van der Waals surface area contributed by atoms with E-state index in [1.807, 2.05) is 0 Å². The molecule has 0 aliphatic carbocycles. The average Bonchev–Trinajstić information content (AvgIpc) is 2.43. The van der Waals surface area contributed by atoms with Crippen molar-refractivity contribution in [3.05, 3.63) is 0 Å². The van der Waals surface area contributed by atoms with Gasteiger partial charge < -0.3 is 25.6 Å². The van der Waals surface area contributed by atoms with Crippen LogP contribution in [-0.2, 0) is 19.1 Å². The normalized spacial score (nSPS) is 9.50. The van der Waals surface area contributed by atoms with E-state index in [-0.39, 0.29) is 19.0 Å². The van der Waals surface area contributed by atoms with E-state index in [2.05, 4.69) is 12.2 Å². The number of hydrogen-bond donors (Lipinski definition) is 3. The molecule has 0 atom stereocenters. The Bertz CT molecular complexity index is 215.